The molecule has 3 atom stereocenters. The number of piperidine rings is 2. The monoisotopic (exact) mass is 567 g/mol. The summed E-state index contributed by atoms with van der Waals surface area (Å²) >= 11 is 6.23. The first-order valence-corrected chi connectivity index (χ1v) is 14.8. The molecule has 8 heteroatoms. The number of fused-ring (bicyclic) bond motifs is 1. The molecule has 2 aromatic heterocycles. The van der Waals surface area contributed by atoms with Gasteiger partial charge in [-0.05, 0) is 80.3 Å². The van der Waals surface area contributed by atoms with Crippen LogP contribution in [0.4, 0.5) is 5.82 Å². The first kappa shape index (κ1) is 27.2. The van der Waals surface area contributed by atoms with E-state index >= 15 is 0 Å². The molecule has 2 aromatic carbocycles. The number of nitriles is 1. The molecule has 2 saturated heterocycles. The third-order valence-electron chi connectivity index (χ3n) is 8.77. The van der Waals surface area contributed by atoms with Crippen LogP contribution in [-0.4, -0.2) is 53.1 Å². The number of carbonyl (C=O) groups excluding carboxylic acids is 1. The van der Waals surface area contributed by atoms with Crippen molar-refractivity contribution in [3.8, 4) is 11.8 Å². The first-order valence-electron chi connectivity index (χ1n) is 14.4. The Hall–Kier alpha value is -4.02. The Morgan fingerprint density at radius 1 is 1.07 bits per heavy atom. The first-order chi connectivity index (χ1) is 20.0. The van der Waals surface area contributed by atoms with E-state index in [1.807, 2.05) is 30.5 Å². The highest BCUT2D eigenvalue weighted by atomic mass is 35.5. The normalized spacial score (nSPS) is 20.5. The number of hydrogen-bond donors (Lipinski definition) is 1. The summed E-state index contributed by atoms with van der Waals surface area (Å²) in [6.45, 7) is 5.12. The van der Waals surface area contributed by atoms with Crippen molar-refractivity contribution in [2.45, 2.75) is 38.2 Å². The largest absolute Gasteiger partial charge is 0.490 e. The second-order valence-electron chi connectivity index (χ2n) is 11.2. The minimum absolute atomic E-state index is 0.00815. The standard InChI is InChI=1S/C33H34ClN5O2/c1-22(41-28-7-8-31-26(18-28)10-14-36-31)29-13-17-39(21-30(29)24-3-5-27(34)6-4-24)33(40)25-11-15-38(16-12-25)32-9-2-23(19-35)20-37-32/h2-10,14,18,20,22,25,29-30,36H,11-13,15-17,21H2,1H3. The van der Waals surface area contributed by atoms with Crippen LogP contribution >= 0.6 is 11.6 Å². The molecule has 7 nitrogen and oxygen atoms in total. The number of amides is 1. The fraction of sp³-hybridized carbons (Fsp3) is 0.364. The maximum atomic E-state index is 13.8. The fourth-order valence-electron chi connectivity index (χ4n) is 6.45. The maximum absolute atomic E-state index is 13.8. The summed E-state index contributed by atoms with van der Waals surface area (Å²) in [4.78, 5) is 25.7. The zero-order valence-corrected chi connectivity index (χ0v) is 23.9. The van der Waals surface area contributed by atoms with Crippen molar-refractivity contribution in [3.05, 3.63) is 89.2 Å². The molecule has 0 radical (unpaired) electrons. The zero-order valence-electron chi connectivity index (χ0n) is 23.2. The molecule has 6 rings (SSSR count). The number of nitrogens with zero attached hydrogens (tertiary/aromatic N) is 4. The van der Waals surface area contributed by atoms with E-state index < -0.39 is 0 Å². The minimum Gasteiger partial charge on any atom is -0.490 e. The molecule has 0 spiro atoms. The van der Waals surface area contributed by atoms with Gasteiger partial charge in [0.1, 0.15) is 17.6 Å². The van der Waals surface area contributed by atoms with Crippen molar-refractivity contribution in [1.82, 2.24) is 14.9 Å². The van der Waals surface area contributed by atoms with Gasteiger partial charge in [-0.25, -0.2) is 4.98 Å². The Morgan fingerprint density at radius 2 is 1.88 bits per heavy atom. The summed E-state index contributed by atoms with van der Waals surface area (Å²) in [6, 6.07) is 22.1. The molecular weight excluding hydrogens is 534 g/mol. The van der Waals surface area contributed by atoms with Gasteiger partial charge in [0.2, 0.25) is 5.91 Å². The van der Waals surface area contributed by atoms with E-state index in [0.29, 0.717) is 17.1 Å². The number of benzene rings is 2. The lowest BCUT2D eigenvalue weighted by Crippen LogP contribution is -2.49. The number of nitrogens with one attached hydrogen (secondary N) is 1. The van der Waals surface area contributed by atoms with Gasteiger partial charge in [0.15, 0.2) is 0 Å². The van der Waals surface area contributed by atoms with Gasteiger partial charge >= 0.3 is 0 Å². The van der Waals surface area contributed by atoms with Crippen molar-refractivity contribution in [3.63, 3.8) is 0 Å². The molecule has 2 fully saturated rings. The van der Waals surface area contributed by atoms with Gasteiger partial charge in [0.05, 0.1) is 11.7 Å². The minimum atomic E-state index is -0.0208. The van der Waals surface area contributed by atoms with Gasteiger partial charge in [-0.2, -0.15) is 5.26 Å². The molecule has 0 bridgehead atoms. The number of anilines is 1. The van der Waals surface area contributed by atoms with E-state index in [4.69, 9.17) is 21.6 Å². The van der Waals surface area contributed by atoms with Crippen LogP contribution in [0, 0.1) is 23.2 Å². The summed E-state index contributed by atoms with van der Waals surface area (Å²) in [5.74, 6) is 2.39. The molecular formula is C33H34ClN5O2. The number of hydrogen-bond acceptors (Lipinski definition) is 5. The fourth-order valence-corrected chi connectivity index (χ4v) is 6.58. The van der Waals surface area contributed by atoms with Crippen molar-refractivity contribution < 1.29 is 9.53 Å². The lowest BCUT2D eigenvalue weighted by atomic mass is 9.77. The Labute approximate surface area is 245 Å². The molecule has 1 N–H and O–H groups in total. The number of halogens is 1. The molecule has 0 saturated carbocycles. The number of rotatable bonds is 6. The second-order valence-corrected chi connectivity index (χ2v) is 11.7. The van der Waals surface area contributed by atoms with Crippen LogP contribution in [0.2, 0.25) is 5.02 Å². The molecule has 3 unspecified atom stereocenters. The highest BCUT2D eigenvalue weighted by Gasteiger charge is 2.38. The van der Waals surface area contributed by atoms with Crippen LogP contribution in [0.25, 0.3) is 10.9 Å². The molecule has 41 heavy (non-hydrogen) atoms. The Morgan fingerprint density at radius 3 is 2.61 bits per heavy atom. The topological polar surface area (TPSA) is 85.2 Å². The van der Waals surface area contributed by atoms with Crippen LogP contribution in [-0.2, 0) is 4.79 Å². The second kappa shape index (κ2) is 11.8. The van der Waals surface area contributed by atoms with Crippen molar-refractivity contribution >= 4 is 34.2 Å². The summed E-state index contributed by atoms with van der Waals surface area (Å²) in [7, 11) is 0. The number of aromatic nitrogens is 2. The Kier molecular flexibility index (Phi) is 7.84. The summed E-state index contributed by atoms with van der Waals surface area (Å²) in [6.07, 6.45) is 6.00. The van der Waals surface area contributed by atoms with E-state index in [9.17, 15) is 4.79 Å². The highest BCUT2D eigenvalue weighted by Crippen LogP contribution is 2.38. The predicted octanol–water partition coefficient (Wildman–Crippen LogP) is 6.40. The molecule has 0 aliphatic carbocycles. The van der Waals surface area contributed by atoms with Crippen LogP contribution in [0.3, 0.4) is 0 Å². The van der Waals surface area contributed by atoms with E-state index in [0.717, 1.165) is 61.4 Å². The van der Waals surface area contributed by atoms with E-state index in [-0.39, 0.29) is 29.8 Å². The highest BCUT2D eigenvalue weighted by molar-refractivity contribution is 6.30. The maximum Gasteiger partial charge on any atom is 0.225 e. The van der Waals surface area contributed by atoms with Crippen molar-refractivity contribution in [2.75, 3.05) is 31.1 Å². The molecule has 2 aliphatic heterocycles. The van der Waals surface area contributed by atoms with Crippen molar-refractivity contribution in [1.29, 1.82) is 5.26 Å². The van der Waals surface area contributed by atoms with E-state index in [2.05, 4.69) is 63.1 Å². The SMILES string of the molecule is CC(Oc1ccc2[nH]ccc2c1)C1CCN(C(=O)C2CCN(c3ccc(C#N)cn3)CC2)CC1c1ccc(Cl)cc1. The smallest absolute Gasteiger partial charge is 0.225 e. The zero-order chi connectivity index (χ0) is 28.3. The number of likely N-dealkylation sites (tertiary alicyclic amines) is 1. The third-order valence-corrected chi connectivity index (χ3v) is 9.02. The van der Waals surface area contributed by atoms with Gasteiger partial charge in [0, 0.05) is 72.3 Å². The number of carbonyl (C=O) groups is 1. The molecule has 4 aromatic rings. The summed E-state index contributed by atoms with van der Waals surface area (Å²) in [5, 5.41) is 10.9. The number of aromatic amines is 1. The number of pyridine rings is 1. The summed E-state index contributed by atoms with van der Waals surface area (Å²) in [5.41, 5.74) is 2.84. The van der Waals surface area contributed by atoms with Crippen LogP contribution in [0.1, 0.15) is 43.2 Å². The van der Waals surface area contributed by atoms with Gasteiger partial charge in [0.25, 0.3) is 0 Å². The van der Waals surface area contributed by atoms with Gasteiger partial charge < -0.3 is 19.5 Å². The summed E-state index contributed by atoms with van der Waals surface area (Å²) < 4.78 is 6.51. The quantitative estimate of drug-likeness (QED) is 0.291. The average molecular weight is 568 g/mol. The lowest BCUT2D eigenvalue weighted by Gasteiger charge is -2.43. The third kappa shape index (κ3) is 5.89. The van der Waals surface area contributed by atoms with E-state index in [1.165, 1.54) is 5.56 Å². The molecule has 2 aliphatic rings. The van der Waals surface area contributed by atoms with Crippen LogP contribution < -0.4 is 9.64 Å². The lowest BCUT2D eigenvalue weighted by molar-refractivity contribution is -0.138. The molecule has 1 amide bonds. The molecule has 4 heterocycles. The molecule has 210 valence electrons. The van der Waals surface area contributed by atoms with Gasteiger partial charge in [-0.1, -0.05) is 23.7 Å². The Balaban J connectivity index is 1.13. The van der Waals surface area contributed by atoms with Gasteiger partial charge in [-0.3, -0.25) is 4.79 Å². The van der Waals surface area contributed by atoms with Crippen LogP contribution in [0.15, 0.2) is 73.1 Å². The van der Waals surface area contributed by atoms with E-state index in [1.54, 1.807) is 12.3 Å². The predicted molar refractivity (Wildman–Crippen MR) is 161 cm³/mol. The van der Waals surface area contributed by atoms with Crippen LogP contribution in [0.5, 0.6) is 5.75 Å². The van der Waals surface area contributed by atoms with Crippen molar-refractivity contribution in [2.24, 2.45) is 11.8 Å². The Bertz CT molecular complexity index is 1540. The number of ether oxygens (including phenoxy) is 1. The van der Waals surface area contributed by atoms with Gasteiger partial charge in [-0.15, -0.1) is 0 Å². The average Bonchev–Trinajstić information content (AvgIpc) is 3.49. The number of H-pyrrole nitrogens is 1.